The van der Waals surface area contributed by atoms with Crippen molar-refractivity contribution in [3.8, 4) is 0 Å². The SMILES string of the molecule is CCc1nnnc2cccnc12. The summed E-state index contributed by atoms with van der Waals surface area (Å²) >= 11 is 0. The summed E-state index contributed by atoms with van der Waals surface area (Å²) in [6.07, 6.45) is 2.58. The van der Waals surface area contributed by atoms with E-state index in [1.807, 2.05) is 19.1 Å². The molecule has 0 aliphatic carbocycles. The first-order valence-electron chi connectivity index (χ1n) is 3.85. The fourth-order valence-electron chi connectivity index (χ4n) is 1.11. The van der Waals surface area contributed by atoms with Crippen molar-refractivity contribution in [3.63, 3.8) is 0 Å². The Morgan fingerprint density at radius 3 is 3.08 bits per heavy atom. The van der Waals surface area contributed by atoms with Gasteiger partial charge in [0.15, 0.2) is 0 Å². The van der Waals surface area contributed by atoms with Crippen molar-refractivity contribution >= 4 is 11.0 Å². The summed E-state index contributed by atoms with van der Waals surface area (Å²) in [7, 11) is 0. The molecule has 4 nitrogen and oxygen atoms in total. The van der Waals surface area contributed by atoms with Crippen LogP contribution in [0.5, 0.6) is 0 Å². The Kier molecular flexibility index (Phi) is 1.66. The number of hydrogen-bond donors (Lipinski definition) is 0. The first kappa shape index (κ1) is 7.09. The molecule has 0 saturated carbocycles. The van der Waals surface area contributed by atoms with E-state index < -0.39 is 0 Å². The van der Waals surface area contributed by atoms with Gasteiger partial charge in [0.2, 0.25) is 0 Å². The largest absolute Gasteiger partial charge is 0.253 e. The second-order valence-electron chi connectivity index (χ2n) is 2.46. The van der Waals surface area contributed by atoms with Crippen LogP contribution >= 0.6 is 0 Å². The molecule has 60 valence electrons. The lowest BCUT2D eigenvalue weighted by Gasteiger charge is -1.97. The second kappa shape index (κ2) is 2.81. The predicted molar refractivity (Wildman–Crippen MR) is 44.5 cm³/mol. The Morgan fingerprint density at radius 2 is 2.25 bits per heavy atom. The fraction of sp³-hybridized carbons (Fsp3) is 0.250. The van der Waals surface area contributed by atoms with Gasteiger partial charge < -0.3 is 0 Å². The van der Waals surface area contributed by atoms with Gasteiger partial charge in [0.05, 0.1) is 5.69 Å². The lowest BCUT2D eigenvalue weighted by Crippen LogP contribution is -1.97. The molecular weight excluding hydrogens is 152 g/mol. The molecule has 0 atom stereocenters. The van der Waals surface area contributed by atoms with Gasteiger partial charge in [-0.2, -0.15) is 0 Å². The van der Waals surface area contributed by atoms with Gasteiger partial charge in [0.1, 0.15) is 11.0 Å². The molecule has 2 rings (SSSR count). The maximum Gasteiger partial charge on any atom is 0.115 e. The Hall–Kier alpha value is -1.58. The zero-order chi connectivity index (χ0) is 8.39. The number of nitrogens with zero attached hydrogens (tertiary/aromatic N) is 4. The molecule has 12 heavy (non-hydrogen) atoms. The van der Waals surface area contributed by atoms with E-state index in [1.54, 1.807) is 6.20 Å². The van der Waals surface area contributed by atoms with Gasteiger partial charge in [-0.1, -0.05) is 6.92 Å². The number of rotatable bonds is 1. The number of aromatic nitrogens is 4. The van der Waals surface area contributed by atoms with Crippen LogP contribution in [0, 0.1) is 0 Å². The molecule has 2 aromatic heterocycles. The molecule has 0 radical (unpaired) electrons. The Balaban J connectivity index is 2.79. The first-order chi connectivity index (χ1) is 5.92. The highest BCUT2D eigenvalue weighted by molar-refractivity contribution is 5.74. The van der Waals surface area contributed by atoms with E-state index in [-0.39, 0.29) is 0 Å². The molecule has 2 heterocycles. The Bertz CT molecular complexity index is 394. The van der Waals surface area contributed by atoms with E-state index in [1.165, 1.54) is 0 Å². The average molecular weight is 160 g/mol. The van der Waals surface area contributed by atoms with Crippen LogP contribution in [0.4, 0.5) is 0 Å². The summed E-state index contributed by atoms with van der Waals surface area (Å²) in [5.74, 6) is 0. The molecule has 0 spiro atoms. The number of fused-ring (bicyclic) bond motifs is 1. The third-order valence-electron chi connectivity index (χ3n) is 1.71. The highest BCUT2D eigenvalue weighted by Crippen LogP contribution is 2.09. The van der Waals surface area contributed by atoms with E-state index in [0.29, 0.717) is 0 Å². The zero-order valence-electron chi connectivity index (χ0n) is 6.73. The van der Waals surface area contributed by atoms with Crippen molar-refractivity contribution in [1.29, 1.82) is 0 Å². The second-order valence-corrected chi connectivity index (χ2v) is 2.46. The molecule has 0 aliphatic rings. The molecule has 4 heteroatoms. The normalized spacial score (nSPS) is 10.4. The van der Waals surface area contributed by atoms with Crippen LogP contribution in [0.1, 0.15) is 12.6 Å². The van der Waals surface area contributed by atoms with Crippen LogP contribution < -0.4 is 0 Å². The molecule has 0 N–H and O–H groups in total. The van der Waals surface area contributed by atoms with E-state index >= 15 is 0 Å². The van der Waals surface area contributed by atoms with Gasteiger partial charge in [0, 0.05) is 6.20 Å². The third kappa shape index (κ3) is 1.01. The summed E-state index contributed by atoms with van der Waals surface area (Å²) in [6, 6.07) is 3.73. The van der Waals surface area contributed by atoms with Gasteiger partial charge in [0.25, 0.3) is 0 Å². The zero-order valence-corrected chi connectivity index (χ0v) is 6.73. The van der Waals surface area contributed by atoms with Crippen LogP contribution in [0.15, 0.2) is 18.3 Å². The van der Waals surface area contributed by atoms with Crippen LogP contribution in [0.3, 0.4) is 0 Å². The molecule has 2 aromatic rings. The third-order valence-corrected chi connectivity index (χ3v) is 1.71. The monoisotopic (exact) mass is 160 g/mol. The van der Waals surface area contributed by atoms with Crippen LogP contribution in [0.2, 0.25) is 0 Å². The van der Waals surface area contributed by atoms with Gasteiger partial charge in [-0.15, -0.1) is 10.2 Å². The van der Waals surface area contributed by atoms with Crippen molar-refractivity contribution in [2.45, 2.75) is 13.3 Å². The maximum atomic E-state index is 4.19. The van der Waals surface area contributed by atoms with Gasteiger partial charge in [-0.05, 0) is 23.8 Å². The average Bonchev–Trinajstić information content (AvgIpc) is 2.17. The van der Waals surface area contributed by atoms with Gasteiger partial charge in [-0.25, -0.2) is 0 Å². The molecule has 0 aromatic carbocycles. The minimum Gasteiger partial charge on any atom is -0.253 e. The fourth-order valence-corrected chi connectivity index (χ4v) is 1.11. The van der Waals surface area contributed by atoms with Crippen molar-refractivity contribution in [2.75, 3.05) is 0 Å². The maximum absolute atomic E-state index is 4.19. The topological polar surface area (TPSA) is 51.6 Å². The molecule has 0 fully saturated rings. The summed E-state index contributed by atoms with van der Waals surface area (Å²) in [5, 5.41) is 11.4. The highest BCUT2D eigenvalue weighted by Gasteiger charge is 2.01. The quantitative estimate of drug-likeness (QED) is 0.624. The summed E-state index contributed by atoms with van der Waals surface area (Å²) in [6.45, 7) is 2.03. The minimum atomic E-state index is 0.810. The number of hydrogen-bond acceptors (Lipinski definition) is 4. The van der Waals surface area contributed by atoms with Crippen molar-refractivity contribution in [1.82, 2.24) is 20.4 Å². The van der Waals surface area contributed by atoms with Crippen molar-refractivity contribution in [3.05, 3.63) is 24.0 Å². The lowest BCUT2D eigenvalue weighted by atomic mass is 10.2. The molecule has 0 aliphatic heterocycles. The smallest absolute Gasteiger partial charge is 0.115 e. The molecule has 0 bridgehead atoms. The molecule has 0 amide bonds. The van der Waals surface area contributed by atoms with E-state index in [9.17, 15) is 0 Å². The molecule has 0 saturated heterocycles. The minimum absolute atomic E-state index is 0.810. The van der Waals surface area contributed by atoms with Gasteiger partial charge in [-0.3, -0.25) is 4.98 Å². The molecule has 0 unspecified atom stereocenters. The van der Waals surface area contributed by atoms with E-state index in [4.69, 9.17) is 0 Å². The number of pyridine rings is 1. The van der Waals surface area contributed by atoms with Crippen molar-refractivity contribution < 1.29 is 0 Å². The standard InChI is InChI=1S/C8H8N4/c1-2-6-8-7(11-12-10-6)4-3-5-9-8/h3-5H,2H2,1H3. The molecular formula is C8H8N4. The van der Waals surface area contributed by atoms with Crippen molar-refractivity contribution in [2.24, 2.45) is 0 Å². The summed E-state index contributed by atoms with van der Waals surface area (Å²) < 4.78 is 0. The lowest BCUT2D eigenvalue weighted by molar-refractivity contribution is 0.837. The van der Waals surface area contributed by atoms with Crippen LogP contribution in [0.25, 0.3) is 11.0 Å². The first-order valence-corrected chi connectivity index (χ1v) is 3.85. The Morgan fingerprint density at radius 1 is 1.33 bits per heavy atom. The summed E-state index contributed by atoms with van der Waals surface area (Å²) in [5.41, 5.74) is 2.57. The van der Waals surface area contributed by atoms with E-state index in [2.05, 4.69) is 20.4 Å². The number of aryl methyl sites for hydroxylation is 1. The Labute approximate surface area is 69.7 Å². The summed E-state index contributed by atoms with van der Waals surface area (Å²) in [4.78, 5) is 4.19. The highest BCUT2D eigenvalue weighted by atomic mass is 15.3. The van der Waals surface area contributed by atoms with Crippen LogP contribution in [-0.4, -0.2) is 20.4 Å². The van der Waals surface area contributed by atoms with Gasteiger partial charge >= 0.3 is 0 Å². The van der Waals surface area contributed by atoms with Crippen LogP contribution in [-0.2, 0) is 6.42 Å². The predicted octanol–water partition coefficient (Wildman–Crippen LogP) is 0.982. The van der Waals surface area contributed by atoms with E-state index in [0.717, 1.165) is 23.1 Å².